The predicted molar refractivity (Wildman–Crippen MR) is 150 cm³/mol. The van der Waals surface area contributed by atoms with E-state index in [9.17, 15) is 14.7 Å². The van der Waals surface area contributed by atoms with Gasteiger partial charge in [-0.2, -0.15) is 0 Å². The Morgan fingerprint density at radius 2 is 1.03 bits per heavy atom. The first-order chi connectivity index (χ1) is 17.7. The molecule has 0 unspecified atom stereocenters. The minimum absolute atomic E-state index is 0.00831. The van der Waals surface area contributed by atoms with Crippen LogP contribution in [-0.2, 0) is 0 Å². The van der Waals surface area contributed by atoms with E-state index in [0.29, 0.717) is 16.9 Å². The number of anilines is 6. The Hall–Kier alpha value is -4.78. The van der Waals surface area contributed by atoms with Gasteiger partial charge in [0, 0.05) is 62.1 Å². The van der Waals surface area contributed by atoms with Crippen LogP contribution < -0.4 is 20.4 Å². The van der Waals surface area contributed by atoms with Crippen molar-refractivity contribution in [1.82, 2.24) is 0 Å². The molecule has 0 amide bonds. The Kier molecular flexibility index (Phi) is 6.05. The Morgan fingerprint density at radius 3 is 1.49 bits per heavy atom. The minimum Gasteiger partial charge on any atom is -0.505 e. The topological polar surface area (TPSA) is 84.9 Å². The highest BCUT2D eigenvalue weighted by Crippen LogP contribution is 2.43. The molecule has 0 spiro atoms. The monoisotopic (exact) mass is 492 g/mol. The van der Waals surface area contributed by atoms with Crippen molar-refractivity contribution in [2.75, 3.05) is 48.6 Å². The maximum Gasteiger partial charge on any atom is 0.198 e. The molecule has 4 aromatic carbocycles. The molecule has 0 aliphatic heterocycles. The molecule has 0 saturated carbocycles. The van der Waals surface area contributed by atoms with Crippen LogP contribution >= 0.6 is 0 Å². The molecule has 7 heteroatoms. The smallest absolute Gasteiger partial charge is 0.198 e. The van der Waals surface area contributed by atoms with E-state index >= 15 is 0 Å². The maximum absolute atomic E-state index is 13.6. The molecular weight excluding hydrogens is 464 g/mol. The van der Waals surface area contributed by atoms with E-state index in [1.807, 2.05) is 86.5 Å². The molecule has 1 aliphatic carbocycles. The number of phenols is 1. The lowest BCUT2D eigenvalue weighted by Gasteiger charge is -2.24. The number of benzene rings is 4. The van der Waals surface area contributed by atoms with Gasteiger partial charge in [-0.1, -0.05) is 24.3 Å². The molecule has 0 atom stereocenters. The molecule has 4 aromatic rings. The van der Waals surface area contributed by atoms with Crippen LogP contribution in [0.15, 0.2) is 78.9 Å². The lowest BCUT2D eigenvalue weighted by molar-refractivity contribution is 0.0977. The molecule has 186 valence electrons. The lowest BCUT2D eigenvalue weighted by Crippen LogP contribution is -2.22. The molecule has 0 heterocycles. The van der Waals surface area contributed by atoms with Crippen LogP contribution in [0.1, 0.15) is 31.8 Å². The average Bonchev–Trinajstić information content (AvgIpc) is 2.89. The van der Waals surface area contributed by atoms with Crippen molar-refractivity contribution < 1.29 is 14.7 Å². The van der Waals surface area contributed by atoms with Crippen molar-refractivity contribution in [1.29, 1.82) is 0 Å². The number of nitrogens with one attached hydrogen (secondary N) is 2. The fourth-order valence-electron chi connectivity index (χ4n) is 4.47. The summed E-state index contributed by atoms with van der Waals surface area (Å²) in [4.78, 5) is 31.1. The van der Waals surface area contributed by atoms with Gasteiger partial charge < -0.3 is 25.5 Å². The van der Waals surface area contributed by atoms with Crippen molar-refractivity contribution in [2.45, 2.75) is 0 Å². The maximum atomic E-state index is 13.6. The van der Waals surface area contributed by atoms with E-state index in [0.717, 1.165) is 22.7 Å². The first-order valence-corrected chi connectivity index (χ1v) is 11.9. The van der Waals surface area contributed by atoms with E-state index in [1.54, 1.807) is 30.3 Å². The zero-order valence-electron chi connectivity index (χ0n) is 21.2. The number of rotatable bonds is 6. The van der Waals surface area contributed by atoms with Crippen molar-refractivity contribution in [3.63, 3.8) is 0 Å². The minimum atomic E-state index is -0.389. The molecular formula is C30H28N4O3. The molecule has 0 saturated heterocycles. The van der Waals surface area contributed by atoms with Crippen LogP contribution in [0.2, 0.25) is 0 Å². The summed E-state index contributed by atoms with van der Waals surface area (Å²) < 4.78 is 0. The standard InChI is InChI=1S/C30H28N4O3/c1-33(2)20-13-9-18(10-14-20)31-24-17-25(32-19-11-15-21(16-12-19)34(3)4)30(37)27-26(24)28(35)22-7-5-6-8-23(22)29(27)36/h5-17,31-32,37H,1-4H3. The number of aromatic hydroxyl groups is 1. The molecule has 1 aliphatic rings. The van der Waals surface area contributed by atoms with Gasteiger partial charge in [0.2, 0.25) is 0 Å². The average molecular weight is 493 g/mol. The fourth-order valence-corrected chi connectivity index (χ4v) is 4.47. The second-order valence-electron chi connectivity index (χ2n) is 9.41. The van der Waals surface area contributed by atoms with Crippen LogP contribution in [0.25, 0.3) is 0 Å². The summed E-state index contributed by atoms with van der Waals surface area (Å²) in [5.41, 5.74) is 5.06. The van der Waals surface area contributed by atoms with Gasteiger partial charge in [-0.15, -0.1) is 0 Å². The van der Waals surface area contributed by atoms with Crippen LogP contribution in [0.5, 0.6) is 5.75 Å². The summed E-state index contributed by atoms with van der Waals surface area (Å²) in [6, 6.07) is 23.8. The summed E-state index contributed by atoms with van der Waals surface area (Å²) in [5, 5.41) is 17.8. The number of nitrogens with zero attached hydrogens (tertiary/aromatic N) is 2. The van der Waals surface area contributed by atoms with Gasteiger partial charge in [-0.3, -0.25) is 9.59 Å². The van der Waals surface area contributed by atoms with E-state index in [4.69, 9.17) is 0 Å². The molecule has 5 rings (SSSR count). The number of ketones is 2. The third-order valence-electron chi connectivity index (χ3n) is 6.50. The molecule has 0 radical (unpaired) electrons. The van der Waals surface area contributed by atoms with Crippen LogP contribution in [-0.4, -0.2) is 44.9 Å². The third-order valence-corrected chi connectivity index (χ3v) is 6.50. The number of hydrogen-bond acceptors (Lipinski definition) is 7. The largest absolute Gasteiger partial charge is 0.505 e. The number of phenolic OH excluding ortho intramolecular Hbond substituents is 1. The molecule has 0 fully saturated rings. The first kappa shape index (κ1) is 23.9. The van der Waals surface area contributed by atoms with Gasteiger partial charge in [-0.25, -0.2) is 0 Å². The Morgan fingerprint density at radius 1 is 0.595 bits per heavy atom. The molecule has 3 N–H and O–H groups in total. The second kappa shape index (κ2) is 9.35. The zero-order valence-corrected chi connectivity index (χ0v) is 21.2. The predicted octanol–water partition coefficient (Wildman–Crippen LogP) is 5.79. The Labute approximate surface area is 216 Å². The van der Waals surface area contributed by atoms with Gasteiger partial charge in [0.1, 0.15) is 0 Å². The van der Waals surface area contributed by atoms with Gasteiger partial charge in [0.25, 0.3) is 0 Å². The molecule has 37 heavy (non-hydrogen) atoms. The number of carbonyl (C=O) groups excluding carboxylic acids is 2. The SMILES string of the molecule is CN(C)c1ccc(Nc2cc(Nc3ccc(N(C)C)cc3)c3c(c2O)C(=O)c2ccccc2C3=O)cc1. The quantitative estimate of drug-likeness (QED) is 0.204. The molecule has 0 aromatic heterocycles. The summed E-state index contributed by atoms with van der Waals surface area (Å²) in [6.07, 6.45) is 0. The van der Waals surface area contributed by atoms with E-state index in [2.05, 4.69) is 10.6 Å². The van der Waals surface area contributed by atoms with E-state index < -0.39 is 0 Å². The highest BCUT2D eigenvalue weighted by Gasteiger charge is 2.35. The third kappa shape index (κ3) is 4.36. The number of carbonyl (C=O) groups is 2. The number of fused-ring (bicyclic) bond motifs is 2. The number of hydrogen-bond donors (Lipinski definition) is 3. The van der Waals surface area contributed by atoms with E-state index in [1.165, 1.54) is 0 Å². The molecule has 0 bridgehead atoms. The van der Waals surface area contributed by atoms with Crippen molar-refractivity contribution in [3.8, 4) is 5.75 Å². The lowest BCUT2D eigenvalue weighted by atomic mass is 9.82. The fraction of sp³-hybridized carbons (Fsp3) is 0.133. The zero-order chi connectivity index (χ0) is 26.3. The Balaban J connectivity index is 1.63. The van der Waals surface area contributed by atoms with Crippen LogP contribution in [0.4, 0.5) is 34.1 Å². The Bertz CT molecular complexity index is 1510. The van der Waals surface area contributed by atoms with Crippen molar-refractivity contribution in [3.05, 3.63) is 101 Å². The van der Waals surface area contributed by atoms with Gasteiger partial charge >= 0.3 is 0 Å². The van der Waals surface area contributed by atoms with Crippen molar-refractivity contribution in [2.24, 2.45) is 0 Å². The van der Waals surface area contributed by atoms with Gasteiger partial charge in [-0.05, 0) is 54.6 Å². The summed E-state index contributed by atoms with van der Waals surface area (Å²) >= 11 is 0. The molecule has 7 nitrogen and oxygen atoms in total. The normalized spacial score (nSPS) is 12.0. The van der Waals surface area contributed by atoms with E-state index in [-0.39, 0.29) is 34.0 Å². The van der Waals surface area contributed by atoms with Gasteiger partial charge in [0.05, 0.1) is 22.5 Å². The van der Waals surface area contributed by atoms with Gasteiger partial charge in [0.15, 0.2) is 17.3 Å². The first-order valence-electron chi connectivity index (χ1n) is 11.9. The van der Waals surface area contributed by atoms with Crippen molar-refractivity contribution >= 4 is 45.7 Å². The highest BCUT2D eigenvalue weighted by molar-refractivity contribution is 6.31. The summed E-state index contributed by atoms with van der Waals surface area (Å²) in [6.45, 7) is 0. The second-order valence-corrected chi connectivity index (χ2v) is 9.41. The highest BCUT2D eigenvalue weighted by atomic mass is 16.3. The summed E-state index contributed by atoms with van der Waals surface area (Å²) in [5.74, 6) is -0.955. The summed E-state index contributed by atoms with van der Waals surface area (Å²) in [7, 11) is 7.84. The van der Waals surface area contributed by atoms with Crippen LogP contribution in [0, 0.1) is 0 Å². The van der Waals surface area contributed by atoms with Crippen LogP contribution in [0.3, 0.4) is 0 Å².